The van der Waals surface area contributed by atoms with E-state index < -0.39 is 35.1 Å². The number of hydrogen-bond acceptors (Lipinski definition) is 7. The molecule has 26 heavy (non-hydrogen) atoms. The number of anilines is 1. The van der Waals surface area contributed by atoms with Crippen LogP contribution in [0.3, 0.4) is 0 Å². The van der Waals surface area contributed by atoms with Gasteiger partial charge in [-0.25, -0.2) is 9.59 Å². The van der Waals surface area contributed by atoms with E-state index in [0.29, 0.717) is 5.75 Å². The molecular formula is C18H21NO7. The molecule has 0 N–H and O–H groups in total. The first-order valence-corrected chi connectivity index (χ1v) is 8.19. The van der Waals surface area contributed by atoms with Crippen LogP contribution in [0, 0.1) is 5.92 Å². The summed E-state index contributed by atoms with van der Waals surface area (Å²) in [5.74, 6) is -4.21. The molecule has 1 aliphatic heterocycles. The Balaban J connectivity index is 2.61. The van der Waals surface area contributed by atoms with Gasteiger partial charge in [-0.05, 0) is 45.0 Å². The Hall–Kier alpha value is -2.90. The number of esters is 2. The van der Waals surface area contributed by atoms with Crippen molar-refractivity contribution in [2.24, 2.45) is 5.92 Å². The normalized spacial score (nSPS) is 17.9. The van der Waals surface area contributed by atoms with Crippen molar-refractivity contribution in [3.8, 4) is 5.75 Å². The van der Waals surface area contributed by atoms with Crippen molar-refractivity contribution in [2.45, 2.75) is 26.3 Å². The summed E-state index contributed by atoms with van der Waals surface area (Å²) in [5.41, 5.74) is -1.90. The average Bonchev–Trinajstić information content (AvgIpc) is 2.59. The standard InChI is InChI=1S/C18H21NO7/c1-5-25-16(22)18(17(23)26-6-2)14(11(3)20)15(21)19(18)12-7-9-13(24-4)10-8-12/h7-10,14H,5-6H2,1-4H3. The largest absolute Gasteiger partial charge is 0.497 e. The van der Waals surface area contributed by atoms with E-state index in [9.17, 15) is 19.2 Å². The maximum Gasteiger partial charge on any atom is 0.345 e. The van der Waals surface area contributed by atoms with E-state index in [2.05, 4.69) is 0 Å². The molecule has 0 saturated carbocycles. The minimum Gasteiger partial charge on any atom is -0.497 e. The molecule has 1 heterocycles. The van der Waals surface area contributed by atoms with Gasteiger partial charge in [0.2, 0.25) is 5.91 Å². The Morgan fingerprint density at radius 1 is 1.04 bits per heavy atom. The SMILES string of the molecule is CCOC(=O)C1(C(=O)OCC)C(C(C)=O)C(=O)N1c1ccc(OC)cc1. The van der Waals surface area contributed by atoms with Gasteiger partial charge in [-0.2, -0.15) is 0 Å². The molecule has 1 amide bonds. The summed E-state index contributed by atoms with van der Waals surface area (Å²) in [6.45, 7) is 4.25. The Labute approximate surface area is 151 Å². The minimum atomic E-state index is -2.16. The molecule has 1 atom stereocenters. The van der Waals surface area contributed by atoms with Gasteiger partial charge in [-0.15, -0.1) is 0 Å². The van der Waals surface area contributed by atoms with Crippen LogP contribution >= 0.6 is 0 Å². The van der Waals surface area contributed by atoms with Crippen molar-refractivity contribution in [3.05, 3.63) is 24.3 Å². The first kappa shape index (κ1) is 19.4. The molecule has 1 fully saturated rings. The molecule has 1 aromatic carbocycles. The van der Waals surface area contributed by atoms with E-state index in [1.165, 1.54) is 19.2 Å². The number of Topliss-reactive ketones (excluding diaryl/α,β-unsaturated/α-hetero) is 1. The van der Waals surface area contributed by atoms with Crippen LogP contribution in [0.25, 0.3) is 0 Å². The van der Waals surface area contributed by atoms with Crippen LogP contribution < -0.4 is 9.64 Å². The molecule has 0 bridgehead atoms. The number of ketones is 1. The highest BCUT2D eigenvalue weighted by Crippen LogP contribution is 2.44. The summed E-state index contributed by atoms with van der Waals surface area (Å²) in [5, 5.41) is 0. The van der Waals surface area contributed by atoms with E-state index in [1.54, 1.807) is 26.0 Å². The second-order valence-corrected chi connectivity index (χ2v) is 5.62. The third kappa shape index (κ3) is 2.81. The lowest BCUT2D eigenvalue weighted by molar-refractivity contribution is -0.178. The summed E-state index contributed by atoms with van der Waals surface area (Å²) < 4.78 is 15.1. The van der Waals surface area contributed by atoms with Crippen molar-refractivity contribution in [1.29, 1.82) is 0 Å². The second kappa shape index (κ2) is 7.55. The maximum atomic E-state index is 12.7. The smallest absolute Gasteiger partial charge is 0.345 e. The number of rotatable bonds is 7. The number of amides is 1. The van der Waals surface area contributed by atoms with Crippen molar-refractivity contribution in [2.75, 3.05) is 25.2 Å². The van der Waals surface area contributed by atoms with E-state index in [-0.39, 0.29) is 18.9 Å². The summed E-state index contributed by atoms with van der Waals surface area (Å²) in [6.07, 6.45) is 0. The Kier molecular flexibility index (Phi) is 5.64. The van der Waals surface area contributed by atoms with Crippen LogP contribution in [0.4, 0.5) is 5.69 Å². The number of benzene rings is 1. The van der Waals surface area contributed by atoms with Gasteiger partial charge in [0.25, 0.3) is 5.54 Å². The number of hydrogen-bond donors (Lipinski definition) is 0. The molecule has 8 nitrogen and oxygen atoms in total. The minimum absolute atomic E-state index is 0.0186. The monoisotopic (exact) mass is 363 g/mol. The summed E-state index contributed by atoms with van der Waals surface area (Å²) >= 11 is 0. The van der Waals surface area contributed by atoms with Crippen LogP contribution in [0.5, 0.6) is 5.75 Å². The van der Waals surface area contributed by atoms with Crippen LogP contribution in [0.15, 0.2) is 24.3 Å². The molecule has 0 spiro atoms. The maximum absolute atomic E-state index is 12.7. The molecule has 0 aliphatic carbocycles. The highest BCUT2D eigenvalue weighted by atomic mass is 16.6. The Morgan fingerprint density at radius 2 is 1.54 bits per heavy atom. The molecule has 0 aromatic heterocycles. The molecule has 0 radical (unpaired) electrons. The lowest BCUT2D eigenvalue weighted by Gasteiger charge is -2.51. The van der Waals surface area contributed by atoms with Crippen molar-refractivity contribution in [3.63, 3.8) is 0 Å². The zero-order valence-corrected chi connectivity index (χ0v) is 15.1. The number of carbonyl (C=O) groups is 4. The van der Waals surface area contributed by atoms with Gasteiger partial charge in [-0.3, -0.25) is 14.5 Å². The third-order valence-corrected chi connectivity index (χ3v) is 4.15. The first-order chi connectivity index (χ1) is 12.4. The molecule has 1 saturated heterocycles. The summed E-state index contributed by atoms with van der Waals surface area (Å²) in [7, 11) is 1.48. The van der Waals surface area contributed by atoms with E-state index >= 15 is 0 Å². The third-order valence-electron chi connectivity index (χ3n) is 4.15. The van der Waals surface area contributed by atoms with Gasteiger partial charge in [0.05, 0.1) is 20.3 Å². The molecule has 1 aromatic rings. The van der Waals surface area contributed by atoms with Gasteiger partial charge in [0, 0.05) is 5.69 Å². The van der Waals surface area contributed by atoms with Crippen molar-refractivity contribution >= 4 is 29.3 Å². The molecular weight excluding hydrogens is 342 g/mol. The number of carbonyl (C=O) groups excluding carboxylic acids is 4. The molecule has 1 aliphatic rings. The highest BCUT2D eigenvalue weighted by Gasteiger charge is 2.74. The second-order valence-electron chi connectivity index (χ2n) is 5.62. The lowest BCUT2D eigenvalue weighted by atomic mass is 9.70. The number of methoxy groups -OCH3 is 1. The van der Waals surface area contributed by atoms with Gasteiger partial charge >= 0.3 is 11.9 Å². The molecule has 140 valence electrons. The fourth-order valence-corrected chi connectivity index (χ4v) is 3.06. The summed E-state index contributed by atoms with van der Waals surface area (Å²) in [6, 6.07) is 6.18. The fraction of sp³-hybridized carbons (Fsp3) is 0.444. The van der Waals surface area contributed by atoms with Crippen LogP contribution in [0.2, 0.25) is 0 Å². The predicted octanol–water partition coefficient (Wildman–Crippen LogP) is 1.11. The van der Waals surface area contributed by atoms with E-state index in [1.807, 2.05) is 0 Å². The number of nitrogens with zero attached hydrogens (tertiary/aromatic N) is 1. The van der Waals surface area contributed by atoms with Gasteiger partial charge in [0.15, 0.2) is 0 Å². The molecule has 1 unspecified atom stereocenters. The Morgan fingerprint density at radius 3 is 1.92 bits per heavy atom. The van der Waals surface area contributed by atoms with Gasteiger partial charge in [-0.1, -0.05) is 0 Å². The van der Waals surface area contributed by atoms with Crippen molar-refractivity contribution < 1.29 is 33.4 Å². The zero-order chi connectivity index (χ0) is 19.5. The first-order valence-electron chi connectivity index (χ1n) is 8.19. The average molecular weight is 363 g/mol. The zero-order valence-electron chi connectivity index (χ0n) is 15.1. The lowest BCUT2D eigenvalue weighted by Crippen LogP contribution is -2.81. The van der Waals surface area contributed by atoms with E-state index in [0.717, 1.165) is 11.8 Å². The van der Waals surface area contributed by atoms with Crippen LogP contribution in [-0.2, 0) is 28.7 Å². The summed E-state index contributed by atoms with van der Waals surface area (Å²) in [4.78, 5) is 51.2. The topological polar surface area (TPSA) is 99.2 Å². The van der Waals surface area contributed by atoms with E-state index in [4.69, 9.17) is 14.2 Å². The van der Waals surface area contributed by atoms with Crippen LogP contribution in [-0.4, -0.2) is 49.5 Å². The van der Waals surface area contributed by atoms with Crippen LogP contribution in [0.1, 0.15) is 20.8 Å². The van der Waals surface area contributed by atoms with Gasteiger partial charge < -0.3 is 14.2 Å². The highest BCUT2D eigenvalue weighted by molar-refractivity contribution is 6.32. The number of ether oxygens (including phenoxy) is 3. The fourth-order valence-electron chi connectivity index (χ4n) is 3.06. The van der Waals surface area contributed by atoms with Crippen molar-refractivity contribution in [1.82, 2.24) is 0 Å². The predicted molar refractivity (Wildman–Crippen MR) is 90.6 cm³/mol. The quantitative estimate of drug-likeness (QED) is 0.406. The number of β-lactam (4-membered cyclic amide) rings is 1. The van der Waals surface area contributed by atoms with Gasteiger partial charge in [0.1, 0.15) is 17.5 Å². The molecule has 2 rings (SSSR count). The molecule has 8 heteroatoms. The Bertz CT molecular complexity index is 708.